The van der Waals surface area contributed by atoms with Gasteiger partial charge >= 0.3 is 6.01 Å². The van der Waals surface area contributed by atoms with Crippen molar-refractivity contribution in [1.82, 2.24) is 20.3 Å². The summed E-state index contributed by atoms with van der Waals surface area (Å²) in [4.78, 5) is 18.8. The molecule has 2 N–H and O–H groups in total. The maximum atomic E-state index is 10.4. The minimum Gasteiger partial charge on any atom is -0.508 e. The number of phenolic OH excluding ortho intramolecular Hbond substituents is 1. The average Bonchev–Trinajstić information content (AvgIpc) is 2.93. The van der Waals surface area contributed by atoms with Crippen LogP contribution in [0.4, 0.5) is 11.5 Å². The molecule has 184 valence electrons. The molecule has 2 aliphatic heterocycles. The van der Waals surface area contributed by atoms with E-state index in [9.17, 15) is 5.11 Å². The van der Waals surface area contributed by atoms with Crippen LogP contribution in [-0.4, -0.2) is 59.4 Å². The van der Waals surface area contributed by atoms with Crippen LogP contribution in [0, 0.1) is 0 Å². The first-order valence-corrected chi connectivity index (χ1v) is 12.6. The highest BCUT2D eigenvalue weighted by atomic mass is 16.5. The van der Waals surface area contributed by atoms with Gasteiger partial charge in [-0.15, -0.1) is 0 Å². The van der Waals surface area contributed by atoms with Gasteiger partial charge in [0.2, 0.25) is 0 Å². The second-order valence-corrected chi connectivity index (χ2v) is 9.27. The molecule has 1 saturated heterocycles. The van der Waals surface area contributed by atoms with Gasteiger partial charge in [-0.1, -0.05) is 30.3 Å². The van der Waals surface area contributed by atoms with Crippen LogP contribution in [-0.2, 0) is 19.4 Å². The molecule has 8 heteroatoms. The molecule has 0 spiro atoms. The summed E-state index contributed by atoms with van der Waals surface area (Å²) >= 11 is 0. The highest BCUT2D eigenvalue weighted by molar-refractivity contribution is 5.95. The summed E-state index contributed by atoms with van der Waals surface area (Å²) in [5.41, 5.74) is 4.20. The number of fused-ring (bicyclic) bond motifs is 2. The number of anilines is 2. The van der Waals surface area contributed by atoms with Crippen LogP contribution >= 0.6 is 0 Å². The van der Waals surface area contributed by atoms with Crippen molar-refractivity contribution in [1.29, 1.82) is 0 Å². The number of hydrogen-bond acceptors (Lipinski definition) is 8. The van der Waals surface area contributed by atoms with Gasteiger partial charge in [-0.2, -0.15) is 9.97 Å². The predicted molar refractivity (Wildman–Crippen MR) is 141 cm³/mol. The van der Waals surface area contributed by atoms with E-state index in [1.165, 1.54) is 5.56 Å². The molecule has 2 aromatic heterocycles. The summed E-state index contributed by atoms with van der Waals surface area (Å²) in [5, 5.41) is 16.0. The number of ether oxygens (including phenoxy) is 1. The highest BCUT2D eigenvalue weighted by Gasteiger charge is 2.27. The van der Waals surface area contributed by atoms with E-state index in [1.54, 1.807) is 6.20 Å². The van der Waals surface area contributed by atoms with Crippen molar-refractivity contribution in [2.75, 3.05) is 49.1 Å². The van der Waals surface area contributed by atoms with E-state index in [4.69, 9.17) is 14.7 Å². The number of benzene rings is 2. The molecule has 0 bridgehead atoms. The zero-order valence-corrected chi connectivity index (χ0v) is 20.2. The van der Waals surface area contributed by atoms with Crippen LogP contribution in [0.5, 0.6) is 11.8 Å². The number of pyridine rings is 1. The Bertz CT molecular complexity index is 1360. The van der Waals surface area contributed by atoms with Crippen molar-refractivity contribution >= 4 is 22.3 Å². The fourth-order valence-corrected chi connectivity index (χ4v) is 5.13. The van der Waals surface area contributed by atoms with Gasteiger partial charge in [-0.3, -0.25) is 4.98 Å². The smallest absolute Gasteiger partial charge is 0.318 e. The Morgan fingerprint density at radius 3 is 2.67 bits per heavy atom. The number of hydrogen-bond donors (Lipinski definition) is 2. The van der Waals surface area contributed by atoms with E-state index < -0.39 is 0 Å². The Hall–Kier alpha value is -3.91. The molecule has 4 aromatic rings. The monoisotopic (exact) mass is 482 g/mol. The summed E-state index contributed by atoms with van der Waals surface area (Å²) in [6.45, 7) is 5.66. The Balaban J connectivity index is 1.31. The minimum atomic E-state index is 0.275. The van der Waals surface area contributed by atoms with Gasteiger partial charge in [0.1, 0.15) is 11.6 Å². The number of piperazine rings is 1. The molecule has 0 unspecified atom stereocenters. The van der Waals surface area contributed by atoms with Gasteiger partial charge in [0, 0.05) is 73.7 Å². The van der Waals surface area contributed by atoms with Crippen LogP contribution in [0.25, 0.3) is 10.8 Å². The van der Waals surface area contributed by atoms with E-state index in [1.807, 2.05) is 48.5 Å². The fraction of sp³-hybridized carbons (Fsp3) is 0.321. The molecule has 1 fully saturated rings. The van der Waals surface area contributed by atoms with Crippen molar-refractivity contribution in [3.63, 3.8) is 0 Å². The second kappa shape index (κ2) is 9.99. The number of aromatic hydroxyl groups is 1. The summed E-state index contributed by atoms with van der Waals surface area (Å²) in [6.07, 6.45) is 3.34. The molecular formula is C28H30N6O2. The van der Waals surface area contributed by atoms with Gasteiger partial charge in [0.15, 0.2) is 0 Å². The first-order valence-electron chi connectivity index (χ1n) is 12.6. The molecule has 2 aromatic carbocycles. The molecule has 6 rings (SSSR count). The SMILES string of the molecule is Oc1cc(N2CCc3c(nc(OCCc4ccccn4)nc3N3CCNCC3)C2)c2ccccc2c1. The average molecular weight is 483 g/mol. The Kier molecular flexibility index (Phi) is 6.26. The topological polar surface area (TPSA) is 86.6 Å². The van der Waals surface area contributed by atoms with Crippen molar-refractivity contribution in [2.45, 2.75) is 19.4 Å². The first-order chi connectivity index (χ1) is 17.7. The van der Waals surface area contributed by atoms with E-state index in [-0.39, 0.29) is 5.75 Å². The normalized spacial score (nSPS) is 15.7. The van der Waals surface area contributed by atoms with Crippen molar-refractivity contribution in [3.8, 4) is 11.8 Å². The molecule has 0 aliphatic carbocycles. The van der Waals surface area contributed by atoms with E-state index in [0.29, 0.717) is 25.6 Å². The van der Waals surface area contributed by atoms with E-state index in [0.717, 1.165) is 72.8 Å². The maximum absolute atomic E-state index is 10.4. The van der Waals surface area contributed by atoms with Crippen molar-refractivity contribution in [2.24, 2.45) is 0 Å². The zero-order valence-electron chi connectivity index (χ0n) is 20.2. The van der Waals surface area contributed by atoms with Crippen molar-refractivity contribution in [3.05, 3.63) is 77.7 Å². The van der Waals surface area contributed by atoms with Gasteiger partial charge in [0.05, 0.1) is 18.8 Å². The first kappa shape index (κ1) is 22.5. The molecule has 0 amide bonds. The Morgan fingerprint density at radius 1 is 0.944 bits per heavy atom. The second-order valence-electron chi connectivity index (χ2n) is 9.27. The van der Waals surface area contributed by atoms with Crippen LogP contribution in [0.1, 0.15) is 17.0 Å². The molecular weight excluding hydrogens is 452 g/mol. The molecule has 4 heterocycles. The Morgan fingerprint density at radius 2 is 1.81 bits per heavy atom. The molecule has 8 nitrogen and oxygen atoms in total. The standard InChI is InChI=1S/C28H30N6O2/c35-22-17-20-5-1-2-7-23(20)26(18-22)34-13-8-24-25(19-34)31-28(32-27(24)33-14-11-29-12-15-33)36-16-9-21-6-3-4-10-30-21/h1-7,10,17-18,29,35H,8-9,11-16,19H2. The third-order valence-electron chi connectivity index (χ3n) is 6.92. The number of aromatic nitrogens is 3. The lowest BCUT2D eigenvalue weighted by molar-refractivity contribution is 0.293. The maximum Gasteiger partial charge on any atom is 0.318 e. The molecule has 0 radical (unpaired) electrons. The summed E-state index contributed by atoms with van der Waals surface area (Å²) < 4.78 is 6.07. The van der Waals surface area contributed by atoms with Gasteiger partial charge in [0.25, 0.3) is 0 Å². The van der Waals surface area contributed by atoms with E-state index >= 15 is 0 Å². The lowest BCUT2D eigenvalue weighted by atomic mass is 10.0. The van der Waals surface area contributed by atoms with Gasteiger partial charge in [-0.05, 0) is 30.0 Å². The summed E-state index contributed by atoms with van der Waals surface area (Å²) in [6, 6.07) is 18.2. The lowest BCUT2D eigenvalue weighted by Gasteiger charge is -2.35. The van der Waals surface area contributed by atoms with E-state index in [2.05, 4.69) is 26.2 Å². The molecule has 2 aliphatic rings. The molecule has 0 atom stereocenters. The van der Waals surface area contributed by atoms with Crippen LogP contribution in [0.3, 0.4) is 0 Å². The third-order valence-corrected chi connectivity index (χ3v) is 6.92. The number of nitrogens with zero attached hydrogens (tertiary/aromatic N) is 5. The molecule has 0 saturated carbocycles. The van der Waals surface area contributed by atoms with Crippen LogP contribution in [0.2, 0.25) is 0 Å². The van der Waals surface area contributed by atoms with Crippen molar-refractivity contribution < 1.29 is 9.84 Å². The fourth-order valence-electron chi connectivity index (χ4n) is 5.13. The number of phenols is 1. The predicted octanol–water partition coefficient (Wildman–Crippen LogP) is 3.32. The van der Waals surface area contributed by atoms with Crippen LogP contribution < -0.4 is 19.9 Å². The number of nitrogens with one attached hydrogen (secondary N) is 1. The third kappa shape index (κ3) is 4.64. The summed E-state index contributed by atoms with van der Waals surface area (Å²) in [7, 11) is 0. The molecule has 36 heavy (non-hydrogen) atoms. The summed E-state index contributed by atoms with van der Waals surface area (Å²) in [5.74, 6) is 1.27. The Labute approximate surface area is 210 Å². The lowest BCUT2D eigenvalue weighted by Crippen LogP contribution is -2.45. The van der Waals surface area contributed by atoms with Crippen LogP contribution in [0.15, 0.2) is 60.8 Å². The highest BCUT2D eigenvalue weighted by Crippen LogP contribution is 2.36. The van der Waals surface area contributed by atoms with Gasteiger partial charge < -0.3 is 25.0 Å². The quantitative estimate of drug-likeness (QED) is 0.433. The van der Waals surface area contributed by atoms with Gasteiger partial charge in [-0.25, -0.2) is 0 Å². The number of rotatable bonds is 6. The minimum absolute atomic E-state index is 0.275. The zero-order chi connectivity index (χ0) is 24.3. The largest absolute Gasteiger partial charge is 0.508 e.